The van der Waals surface area contributed by atoms with Crippen LogP contribution in [0.15, 0.2) is 0 Å². The summed E-state index contributed by atoms with van der Waals surface area (Å²) in [5, 5.41) is 5.91. The van der Waals surface area contributed by atoms with E-state index in [0.29, 0.717) is 25.0 Å². The lowest BCUT2D eigenvalue weighted by Gasteiger charge is -2.13. The third-order valence-electron chi connectivity index (χ3n) is 2.02. The summed E-state index contributed by atoms with van der Waals surface area (Å²) in [4.78, 5) is 12.2. The summed E-state index contributed by atoms with van der Waals surface area (Å²) in [6.07, 6.45) is 0.0980. The van der Waals surface area contributed by atoms with E-state index in [1.807, 2.05) is 13.8 Å². The second-order valence-corrected chi connectivity index (χ2v) is 3.37. The zero-order valence-electron chi connectivity index (χ0n) is 10.6. The molecule has 0 aliphatic heterocycles. The summed E-state index contributed by atoms with van der Waals surface area (Å²) >= 11 is 0. The van der Waals surface area contributed by atoms with Gasteiger partial charge in [-0.2, -0.15) is 15.0 Å². The summed E-state index contributed by atoms with van der Waals surface area (Å²) in [7, 11) is 3.25. The Bertz CT molecular complexity index is 325. The fraction of sp³-hybridized carbons (Fsp3) is 0.700. The molecule has 7 nitrogen and oxygen atoms in total. The van der Waals surface area contributed by atoms with Crippen LogP contribution in [0.25, 0.3) is 0 Å². The minimum Gasteiger partial charge on any atom is -0.467 e. The van der Waals surface area contributed by atoms with Crippen molar-refractivity contribution in [2.45, 2.75) is 20.0 Å². The maximum atomic E-state index is 5.40. The van der Waals surface area contributed by atoms with E-state index in [2.05, 4.69) is 25.6 Å². The van der Waals surface area contributed by atoms with E-state index in [0.717, 1.165) is 0 Å². The van der Waals surface area contributed by atoms with Gasteiger partial charge in [0.15, 0.2) is 0 Å². The fourth-order valence-electron chi connectivity index (χ4n) is 1.22. The van der Waals surface area contributed by atoms with Gasteiger partial charge in [-0.1, -0.05) is 0 Å². The number of nitrogens with zero attached hydrogens (tertiary/aromatic N) is 3. The van der Waals surface area contributed by atoms with Gasteiger partial charge in [0.2, 0.25) is 11.9 Å². The van der Waals surface area contributed by atoms with Crippen molar-refractivity contribution >= 4 is 11.9 Å². The number of nitrogens with one attached hydrogen (secondary N) is 2. The average molecular weight is 241 g/mol. The van der Waals surface area contributed by atoms with Gasteiger partial charge in [-0.05, 0) is 13.8 Å². The molecule has 0 saturated carbocycles. The molecule has 0 aliphatic rings. The Morgan fingerprint density at radius 3 is 2.53 bits per heavy atom. The Balaban J connectivity index is 2.63. The van der Waals surface area contributed by atoms with Gasteiger partial charge in [-0.3, -0.25) is 0 Å². The number of rotatable bonds is 7. The van der Waals surface area contributed by atoms with Gasteiger partial charge in [0.25, 0.3) is 0 Å². The molecular weight excluding hydrogens is 222 g/mol. The van der Waals surface area contributed by atoms with Crippen LogP contribution in [0.3, 0.4) is 0 Å². The average Bonchev–Trinajstić information content (AvgIpc) is 2.36. The minimum atomic E-state index is 0.0980. The van der Waals surface area contributed by atoms with Crippen LogP contribution in [0.1, 0.15) is 13.8 Å². The molecule has 2 N–H and O–H groups in total. The van der Waals surface area contributed by atoms with Gasteiger partial charge >= 0.3 is 6.01 Å². The van der Waals surface area contributed by atoms with Crippen molar-refractivity contribution in [3.63, 3.8) is 0 Å². The Hall–Kier alpha value is -1.63. The van der Waals surface area contributed by atoms with Gasteiger partial charge in [0.1, 0.15) is 0 Å². The van der Waals surface area contributed by atoms with E-state index in [1.54, 1.807) is 7.05 Å². The molecule has 0 bridgehead atoms. The zero-order chi connectivity index (χ0) is 12.7. The summed E-state index contributed by atoms with van der Waals surface area (Å²) in [5.74, 6) is 0.927. The van der Waals surface area contributed by atoms with Crippen LogP contribution in [-0.4, -0.2) is 48.4 Å². The SMILES string of the molecule is CCOC(C)CNc1nc(NC)nc(OC)n1. The molecule has 7 heteroatoms. The predicted molar refractivity (Wildman–Crippen MR) is 65.5 cm³/mol. The summed E-state index contributed by atoms with van der Waals surface area (Å²) < 4.78 is 10.4. The Labute approximate surface area is 101 Å². The lowest BCUT2D eigenvalue weighted by molar-refractivity contribution is 0.0854. The Morgan fingerprint density at radius 2 is 1.94 bits per heavy atom. The molecular formula is C10H19N5O2. The molecule has 96 valence electrons. The van der Waals surface area contributed by atoms with E-state index in [9.17, 15) is 0 Å². The molecule has 1 aromatic heterocycles. The lowest BCUT2D eigenvalue weighted by atomic mass is 10.4. The monoisotopic (exact) mass is 241 g/mol. The molecule has 1 unspecified atom stereocenters. The summed E-state index contributed by atoms with van der Waals surface area (Å²) in [5.41, 5.74) is 0. The normalized spacial score (nSPS) is 12.0. The van der Waals surface area contributed by atoms with Gasteiger partial charge in [-0.25, -0.2) is 0 Å². The maximum Gasteiger partial charge on any atom is 0.322 e. The molecule has 17 heavy (non-hydrogen) atoms. The van der Waals surface area contributed by atoms with E-state index < -0.39 is 0 Å². The molecule has 0 aliphatic carbocycles. The van der Waals surface area contributed by atoms with Crippen LogP contribution < -0.4 is 15.4 Å². The standard InChI is InChI=1S/C10H19N5O2/c1-5-17-7(2)6-12-9-13-8(11-3)14-10(15-9)16-4/h7H,5-6H2,1-4H3,(H2,11,12,13,14,15). The highest BCUT2D eigenvalue weighted by molar-refractivity contribution is 5.35. The van der Waals surface area contributed by atoms with Crippen molar-refractivity contribution in [3.05, 3.63) is 0 Å². The highest BCUT2D eigenvalue weighted by Crippen LogP contribution is 2.10. The summed E-state index contributed by atoms with van der Waals surface area (Å²) in [6.45, 7) is 5.25. The molecule has 0 saturated heterocycles. The number of hydrogen-bond donors (Lipinski definition) is 2. The van der Waals surface area contributed by atoms with E-state index in [-0.39, 0.29) is 12.1 Å². The van der Waals surface area contributed by atoms with Crippen LogP contribution in [0.2, 0.25) is 0 Å². The first kappa shape index (κ1) is 13.4. The third kappa shape index (κ3) is 4.39. The number of aromatic nitrogens is 3. The van der Waals surface area contributed by atoms with Crippen LogP contribution in [0.4, 0.5) is 11.9 Å². The van der Waals surface area contributed by atoms with Gasteiger partial charge in [0.05, 0.1) is 13.2 Å². The van der Waals surface area contributed by atoms with Crippen LogP contribution in [0.5, 0.6) is 6.01 Å². The quantitative estimate of drug-likeness (QED) is 0.729. The predicted octanol–water partition coefficient (Wildman–Crippen LogP) is 0.759. The third-order valence-corrected chi connectivity index (χ3v) is 2.02. The van der Waals surface area contributed by atoms with Gasteiger partial charge in [-0.15, -0.1) is 0 Å². The molecule has 0 amide bonds. The molecule has 1 atom stereocenters. The second kappa shape index (κ2) is 6.85. The Morgan fingerprint density at radius 1 is 1.24 bits per heavy atom. The lowest BCUT2D eigenvalue weighted by Crippen LogP contribution is -2.21. The van der Waals surface area contributed by atoms with E-state index in [1.165, 1.54) is 7.11 Å². The van der Waals surface area contributed by atoms with Crippen LogP contribution in [-0.2, 0) is 4.74 Å². The first-order chi connectivity index (χ1) is 8.19. The van der Waals surface area contributed by atoms with Crippen molar-refractivity contribution in [3.8, 4) is 6.01 Å². The topological polar surface area (TPSA) is 81.2 Å². The zero-order valence-corrected chi connectivity index (χ0v) is 10.6. The van der Waals surface area contributed by atoms with Crippen molar-refractivity contribution < 1.29 is 9.47 Å². The van der Waals surface area contributed by atoms with E-state index >= 15 is 0 Å². The first-order valence-corrected chi connectivity index (χ1v) is 5.52. The molecule has 1 aromatic rings. The molecule has 0 spiro atoms. The van der Waals surface area contributed by atoms with Crippen molar-refractivity contribution in [1.82, 2.24) is 15.0 Å². The largest absolute Gasteiger partial charge is 0.467 e. The van der Waals surface area contributed by atoms with Crippen molar-refractivity contribution in [2.75, 3.05) is 37.9 Å². The number of anilines is 2. The van der Waals surface area contributed by atoms with Crippen molar-refractivity contribution in [2.24, 2.45) is 0 Å². The van der Waals surface area contributed by atoms with Crippen molar-refractivity contribution in [1.29, 1.82) is 0 Å². The van der Waals surface area contributed by atoms with Gasteiger partial charge < -0.3 is 20.1 Å². The van der Waals surface area contributed by atoms with E-state index in [4.69, 9.17) is 9.47 Å². The van der Waals surface area contributed by atoms with Gasteiger partial charge in [0, 0.05) is 20.2 Å². The summed E-state index contributed by atoms with van der Waals surface area (Å²) in [6, 6.07) is 0.274. The highest BCUT2D eigenvalue weighted by Gasteiger charge is 2.07. The highest BCUT2D eigenvalue weighted by atomic mass is 16.5. The number of hydrogen-bond acceptors (Lipinski definition) is 7. The first-order valence-electron chi connectivity index (χ1n) is 5.52. The fourth-order valence-corrected chi connectivity index (χ4v) is 1.22. The minimum absolute atomic E-state index is 0.0980. The number of methoxy groups -OCH3 is 1. The Kier molecular flexibility index (Phi) is 5.41. The molecule has 1 heterocycles. The molecule has 0 fully saturated rings. The molecule has 1 rings (SSSR count). The molecule has 0 aromatic carbocycles. The number of ether oxygens (including phenoxy) is 2. The second-order valence-electron chi connectivity index (χ2n) is 3.37. The molecule has 0 radical (unpaired) electrons. The smallest absolute Gasteiger partial charge is 0.322 e. The maximum absolute atomic E-state index is 5.40. The van der Waals surface area contributed by atoms with Crippen LogP contribution in [0, 0.1) is 0 Å². The van der Waals surface area contributed by atoms with Crippen LogP contribution >= 0.6 is 0 Å².